The number of nitrogens with one attached hydrogen (secondary N) is 1. The van der Waals surface area contributed by atoms with Gasteiger partial charge in [0, 0.05) is 12.5 Å². The molecule has 0 saturated carbocycles. The number of rotatable bonds is 15. The molecule has 0 fully saturated rings. The van der Waals surface area contributed by atoms with Crippen molar-refractivity contribution in [3.8, 4) is 11.8 Å². The Kier molecular flexibility index (Phi) is 17.2. The van der Waals surface area contributed by atoms with Gasteiger partial charge in [0.2, 0.25) is 0 Å². The summed E-state index contributed by atoms with van der Waals surface area (Å²) in [6, 6.07) is 0. The molecule has 0 rings (SSSR count). The molecule has 0 unspecified atom stereocenters. The van der Waals surface area contributed by atoms with E-state index < -0.39 is 0 Å². The van der Waals surface area contributed by atoms with Crippen molar-refractivity contribution in [2.24, 2.45) is 11.8 Å². The smallest absolute Gasteiger partial charge is 0.107 e. The fourth-order valence-electron chi connectivity index (χ4n) is 1.56. The lowest BCUT2D eigenvalue weighted by Crippen LogP contribution is -2.24. The van der Waals surface area contributed by atoms with Crippen LogP contribution in [0.25, 0.3) is 0 Å². The van der Waals surface area contributed by atoms with Crippen LogP contribution >= 0.6 is 0 Å². The zero-order valence-corrected chi connectivity index (χ0v) is 15.4. The molecule has 0 aliphatic carbocycles. The molecule has 0 radical (unpaired) electrons. The average molecular weight is 329 g/mol. The van der Waals surface area contributed by atoms with Crippen LogP contribution in [0.5, 0.6) is 0 Å². The molecule has 0 saturated heterocycles. The van der Waals surface area contributed by atoms with Gasteiger partial charge in [0.25, 0.3) is 0 Å². The molecule has 0 aliphatic rings. The van der Waals surface area contributed by atoms with Gasteiger partial charge in [-0.1, -0.05) is 39.5 Å². The number of hydrogen-bond acceptors (Lipinski definition) is 5. The maximum atomic E-state index is 5.45. The highest BCUT2D eigenvalue weighted by Gasteiger charge is 1.94. The molecule has 5 heteroatoms. The number of hydrogen-bond donors (Lipinski definition) is 1. The Bertz CT molecular complexity index is 297. The summed E-state index contributed by atoms with van der Waals surface area (Å²) in [6.45, 7) is 15.2. The predicted molar refractivity (Wildman–Crippen MR) is 93.6 cm³/mol. The molecule has 0 aliphatic heterocycles. The van der Waals surface area contributed by atoms with Gasteiger partial charge >= 0.3 is 0 Å². The summed E-state index contributed by atoms with van der Waals surface area (Å²) in [7, 11) is 0. The Morgan fingerprint density at radius 3 is 1.78 bits per heavy atom. The van der Waals surface area contributed by atoms with Crippen LogP contribution in [-0.2, 0) is 18.9 Å². The quantitative estimate of drug-likeness (QED) is 0.368. The Hall–Kier alpha value is -0.640. The fraction of sp³-hybridized carbons (Fsp3) is 0.889. The Morgan fingerprint density at radius 1 is 0.739 bits per heavy atom. The van der Waals surface area contributed by atoms with Gasteiger partial charge in [-0.15, -0.1) is 0 Å². The number of ether oxygens (including phenoxy) is 4. The van der Waals surface area contributed by atoms with Crippen LogP contribution in [0.4, 0.5) is 0 Å². The second kappa shape index (κ2) is 17.7. The largest absolute Gasteiger partial charge is 0.378 e. The van der Waals surface area contributed by atoms with Crippen molar-refractivity contribution in [2.75, 3.05) is 65.9 Å². The topological polar surface area (TPSA) is 49.0 Å². The van der Waals surface area contributed by atoms with Crippen molar-refractivity contribution in [2.45, 2.75) is 27.7 Å². The van der Waals surface area contributed by atoms with E-state index in [4.69, 9.17) is 18.9 Å². The Labute approximate surface area is 142 Å². The first-order valence-corrected chi connectivity index (χ1v) is 8.63. The minimum absolute atomic E-state index is 0.396. The Morgan fingerprint density at radius 2 is 1.26 bits per heavy atom. The third-order valence-corrected chi connectivity index (χ3v) is 2.66. The van der Waals surface area contributed by atoms with Gasteiger partial charge in [0.05, 0.1) is 46.2 Å². The molecule has 23 heavy (non-hydrogen) atoms. The molecule has 5 nitrogen and oxygen atoms in total. The van der Waals surface area contributed by atoms with E-state index in [0.29, 0.717) is 58.1 Å². The van der Waals surface area contributed by atoms with E-state index >= 15 is 0 Å². The first kappa shape index (κ1) is 22.4. The molecule has 0 aromatic rings. The van der Waals surface area contributed by atoms with Crippen molar-refractivity contribution in [3.05, 3.63) is 0 Å². The SMILES string of the molecule is CC(C)C#CCOCCOCCOCCOCCNCC(C)C. The summed E-state index contributed by atoms with van der Waals surface area (Å²) >= 11 is 0. The second-order valence-electron chi connectivity index (χ2n) is 5.96. The molecule has 0 spiro atoms. The highest BCUT2D eigenvalue weighted by Crippen LogP contribution is 1.87. The molecular formula is C18H35NO4. The van der Waals surface area contributed by atoms with Gasteiger partial charge in [-0.2, -0.15) is 0 Å². The van der Waals surface area contributed by atoms with Gasteiger partial charge in [0.15, 0.2) is 0 Å². The van der Waals surface area contributed by atoms with E-state index in [9.17, 15) is 0 Å². The summed E-state index contributed by atoms with van der Waals surface area (Å²) < 4.78 is 21.6. The summed E-state index contributed by atoms with van der Waals surface area (Å²) in [5, 5.41) is 3.33. The summed E-state index contributed by atoms with van der Waals surface area (Å²) in [5.74, 6) is 7.08. The van der Waals surface area contributed by atoms with Gasteiger partial charge in [-0.25, -0.2) is 0 Å². The van der Waals surface area contributed by atoms with E-state index in [1.165, 1.54) is 0 Å². The molecule has 0 bridgehead atoms. The summed E-state index contributed by atoms with van der Waals surface area (Å²) in [6.07, 6.45) is 0. The molecule has 0 atom stereocenters. The summed E-state index contributed by atoms with van der Waals surface area (Å²) in [5.41, 5.74) is 0. The van der Waals surface area contributed by atoms with Crippen molar-refractivity contribution in [1.82, 2.24) is 5.32 Å². The lowest BCUT2D eigenvalue weighted by Gasteiger charge is -2.08. The first-order chi connectivity index (χ1) is 11.1. The summed E-state index contributed by atoms with van der Waals surface area (Å²) in [4.78, 5) is 0. The Balaban J connectivity index is 3.04. The van der Waals surface area contributed by atoms with Crippen LogP contribution in [-0.4, -0.2) is 65.9 Å². The highest BCUT2D eigenvalue weighted by atomic mass is 16.6. The van der Waals surface area contributed by atoms with Crippen molar-refractivity contribution >= 4 is 0 Å². The van der Waals surface area contributed by atoms with E-state index in [0.717, 1.165) is 19.7 Å². The van der Waals surface area contributed by atoms with Gasteiger partial charge in [-0.3, -0.25) is 0 Å². The standard InChI is InChI=1S/C18H35NO4/c1-17(2)6-5-8-20-10-12-22-14-15-23-13-11-21-9-7-19-16-18(3)4/h17-19H,7-16H2,1-4H3. The van der Waals surface area contributed by atoms with Crippen LogP contribution in [0, 0.1) is 23.7 Å². The molecule has 0 aromatic heterocycles. The van der Waals surface area contributed by atoms with E-state index in [1.807, 2.05) is 0 Å². The zero-order valence-electron chi connectivity index (χ0n) is 15.4. The van der Waals surface area contributed by atoms with Crippen molar-refractivity contribution in [1.29, 1.82) is 0 Å². The van der Waals surface area contributed by atoms with Gasteiger partial charge < -0.3 is 24.3 Å². The zero-order chi connectivity index (χ0) is 17.2. The van der Waals surface area contributed by atoms with Crippen LogP contribution in [0.3, 0.4) is 0 Å². The molecule has 1 N–H and O–H groups in total. The molecule has 0 aromatic carbocycles. The minimum atomic E-state index is 0.396. The third kappa shape index (κ3) is 21.4. The van der Waals surface area contributed by atoms with Crippen molar-refractivity contribution < 1.29 is 18.9 Å². The van der Waals surface area contributed by atoms with Crippen LogP contribution in [0.15, 0.2) is 0 Å². The monoisotopic (exact) mass is 329 g/mol. The minimum Gasteiger partial charge on any atom is -0.378 e. The highest BCUT2D eigenvalue weighted by molar-refractivity contribution is 5.01. The predicted octanol–water partition coefficient (Wildman–Crippen LogP) is 1.96. The maximum absolute atomic E-state index is 5.45. The molecular weight excluding hydrogens is 294 g/mol. The fourth-order valence-corrected chi connectivity index (χ4v) is 1.56. The lowest BCUT2D eigenvalue weighted by molar-refractivity contribution is 0.00167. The molecule has 0 heterocycles. The van der Waals surface area contributed by atoms with Crippen molar-refractivity contribution in [3.63, 3.8) is 0 Å². The van der Waals surface area contributed by atoms with E-state index in [2.05, 4.69) is 44.9 Å². The second-order valence-corrected chi connectivity index (χ2v) is 5.96. The van der Waals surface area contributed by atoms with Gasteiger partial charge in [0.1, 0.15) is 6.61 Å². The van der Waals surface area contributed by atoms with Crippen LogP contribution < -0.4 is 5.32 Å². The van der Waals surface area contributed by atoms with Crippen LogP contribution in [0.1, 0.15) is 27.7 Å². The normalized spacial score (nSPS) is 11.0. The van der Waals surface area contributed by atoms with Crippen LogP contribution in [0.2, 0.25) is 0 Å². The molecule has 0 amide bonds. The third-order valence-electron chi connectivity index (χ3n) is 2.66. The van der Waals surface area contributed by atoms with E-state index in [-0.39, 0.29) is 0 Å². The molecule has 136 valence electrons. The average Bonchev–Trinajstić information content (AvgIpc) is 2.49. The van der Waals surface area contributed by atoms with Gasteiger partial charge in [-0.05, 0) is 12.5 Å². The first-order valence-electron chi connectivity index (χ1n) is 8.63. The maximum Gasteiger partial charge on any atom is 0.107 e. The lowest BCUT2D eigenvalue weighted by atomic mass is 10.2. The van der Waals surface area contributed by atoms with E-state index in [1.54, 1.807) is 0 Å².